The summed E-state index contributed by atoms with van der Waals surface area (Å²) in [5.74, 6) is 1.54. The first-order chi connectivity index (χ1) is 15.2. The Labute approximate surface area is 183 Å². The number of methoxy groups -OCH3 is 2. The van der Waals surface area contributed by atoms with E-state index in [-0.39, 0.29) is 12.0 Å². The van der Waals surface area contributed by atoms with Gasteiger partial charge in [-0.25, -0.2) is 4.39 Å². The number of hydrogen-bond donors (Lipinski definition) is 0. The van der Waals surface area contributed by atoms with Crippen LogP contribution in [0.15, 0.2) is 72.8 Å². The van der Waals surface area contributed by atoms with E-state index in [1.165, 1.54) is 11.6 Å². The van der Waals surface area contributed by atoms with Crippen LogP contribution in [-0.2, 0) is 13.1 Å². The summed E-state index contributed by atoms with van der Waals surface area (Å²) in [5, 5.41) is 0. The van der Waals surface area contributed by atoms with Crippen molar-refractivity contribution in [1.29, 1.82) is 0 Å². The van der Waals surface area contributed by atoms with Gasteiger partial charge in [0.1, 0.15) is 17.3 Å². The highest BCUT2D eigenvalue weighted by Gasteiger charge is 2.33. The van der Waals surface area contributed by atoms with E-state index in [1.807, 2.05) is 42.5 Å². The zero-order valence-electron chi connectivity index (χ0n) is 18.1. The summed E-state index contributed by atoms with van der Waals surface area (Å²) in [5.41, 5.74) is 3.00. The summed E-state index contributed by atoms with van der Waals surface area (Å²) in [6.07, 6.45) is 1.00. The van der Waals surface area contributed by atoms with Crippen LogP contribution in [0.1, 0.15) is 29.3 Å². The fourth-order valence-corrected chi connectivity index (χ4v) is 4.41. The van der Waals surface area contributed by atoms with Crippen molar-refractivity contribution in [2.75, 3.05) is 27.3 Å². The van der Waals surface area contributed by atoms with Crippen molar-refractivity contribution in [1.82, 2.24) is 9.80 Å². The number of nitrogens with zero attached hydrogens (tertiary/aromatic N) is 2. The summed E-state index contributed by atoms with van der Waals surface area (Å²) in [4.78, 5) is 4.79. The second kappa shape index (κ2) is 9.94. The minimum atomic E-state index is -0.161. The van der Waals surface area contributed by atoms with E-state index in [4.69, 9.17) is 9.47 Å². The topological polar surface area (TPSA) is 24.9 Å². The Hall–Kier alpha value is -2.89. The molecule has 0 N–H and O–H groups in total. The van der Waals surface area contributed by atoms with Gasteiger partial charge in [0.25, 0.3) is 0 Å². The normalized spacial score (nSPS) is 17.5. The number of ether oxygens (including phenoxy) is 2. The Kier molecular flexibility index (Phi) is 6.85. The minimum Gasteiger partial charge on any atom is -0.497 e. The van der Waals surface area contributed by atoms with Crippen molar-refractivity contribution >= 4 is 0 Å². The van der Waals surface area contributed by atoms with Crippen molar-refractivity contribution in [3.05, 3.63) is 95.3 Å². The Balaban J connectivity index is 1.69. The zero-order chi connectivity index (χ0) is 21.6. The number of rotatable bonds is 7. The average molecular weight is 421 g/mol. The predicted molar refractivity (Wildman–Crippen MR) is 121 cm³/mol. The highest BCUT2D eigenvalue weighted by Crippen LogP contribution is 2.37. The predicted octanol–water partition coefficient (Wildman–Crippen LogP) is 5.25. The Morgan fingerprint density at radius 1 is 0.839 bits per heavy atom. The lowest BCUT2D eigenvalue weighted by Crippen LogP contribution is -2.47. The third-order valence-corrected chi connectivity index (χ3v) is 5.85. The largest absolute Gasteiger partial charge is 0.497 e. The molecule has 0 saturated carbocycles. The number of halogens is 1. The quantitative estimate of drug-likeness (QED) is 0.521. The molecule has 3 aromatic carbocycles. The Morgan fingerprint density at radius 3 is 2.35 bits per heavy atom. The summed E-state index contributed by atoms with van der Waals surface area (Å²) in [6.45, 7) is 3.16. The highest BCUT2D eigenvalue weighted by atomic mass is 19.1. The summed E-state index contributed by atoms with van der Waals surface area (Å²) in [7, 11) is 3.39. The maximum Gasteiger partial charge on any atom is 0.127 e. The second-order valence-electron chi connectivity index (χ2n) is 7.85. The molecule has 4 nitrogen and oxygen atoms in total. The van der Waals surface area contributed by atoms with Crippen LogP contribution in [0, 0.1) is 5.82 Å². The van der Waals surface area contributed by atoms with Gasteiger partial charge in [-0.1, -0.05) is 48.5 Å². The van der Waals surface area contributed by atoms with Gasteiger partial charge < -0.3 is 9.47 Å². The van der Waals surface area contributed by atoms with Crippen molar-refractivity contribution in [2.45, 2.75) is 25.7 Å². The summed E-state index contributed by atoms with van der Waals surface area (Å²) < 4.78 is 25.6. The van der Waals surface area contributed by atoms with E-state index >= 15 is 0 Å². The second-order valence-corrected chi connectivity index (χ2v) is 7.85. The van der Waals surface area contributed by atoms with E-state index in [1.54, 1.807) is 20.3 Å². The zero-order valence-corrected chi connectivity index (χ0v) is 18.1. The SMILES string of the molecule is COc1cccc(CN2CCCN(Cc3ccccc3F)[C@@H]2c2ccccc2OC)c1. The molecule has 0 amide bonds. The molecule has 0 bridgehead atoms. The molecular weight excluding hydrogens is 391 g/mol. The molecule has 1 atom stereocenters. The summed E-state index contributed by atoms with van der Waals surface area (Å²) in [6, 6.07) is 23.4. The van der Waals surface area contributed by atoms with Crippen LogP contribution in [0.25, 0.3) is 0 Å². The van der Waals surface area contributed by atoms with Gasteiger partial charge in [0.05, 0.1) is 20.4 Å². The van der Waals surface area contributed by atoms with Crippen LogP contribution in [0.3, 0.4) is 0 Å². The molecule has 3 aromatic rings. The van der Waals surface area contributed by atoms with Gasteiger partial charge >= 0.3 is 0 Å². The van der Waals surface area contributed by atoms with Crippen molar-refractivity contribution in [3.63, 3.8) is 0 Å². The van der Waals surface area contributed by atoms with Crippen LogP contribution in [0.4, 0.5) is 4.39 Å². The summed E-state index contributed by atoms with van der Waals surface area (Å²) >= 11 is 0. The van der Waals surface area contributed by atoms with Crippen LogP contribution in [-0.4, -0.2) is 37.1 Å². The molecule has 1 fully saturated rings. The molecule has 0 spiro atoms. The molecule has 0 radical (unpaired) electrons. The van der Waals surface area contributed by atoms with Crippen LogP contribution in [0.5, 0.6) is 11.5 Å². The minimum absolute atomic E-state index is 0.0179. The van der Waals surface area contributed by atoms with E-state index < -0.39 is 0 Å². The number of para-hydroxylation sites is 1. The first kappa shape index (κ1) is 21.3. The fourth-order valence-electron chi connectivity index (χ4n) is 4.41. The maximum atomic E-state index is 14.5. The van der Waals surface area contributed by atoms with Crippen LogP contribution < -0.4 is 9.47 Å². The number of benzene rings is 3. The smallest absolute Gasteiger partial charge is 0.127 e. The van der Waals surface area contributed by atoms with E-state index in [0.29, 0.717) is 12.1 Å². The molecular formula is C26H29FN2O2. The molecule has 162 valence electrons. The fraction of sp³-hybridized carbons (Fsp3) is 0.308. The molecule has 1 saturated heterocycles. The standard InChI is InChI=1S/C26H29FN2O2/c1-30-22-11-7-9-20(17-22)18-28-15-8-16-29(19-21-10-3-5-13-24(21)27)26(28)23-12-4-6-14-25(23)31-2/h3-7,9-14,17,26H,8,15-16,18-19H2,1-2H3/t26-/m1/s1. The average Bonchev–Trinajstić information content (AvgIpc) is 2.81. The highest BCUT2D eigenvalue weighted by molar-refractivity contribution is 5.36. The Morgan fingerprint density at radius 2 is 1.58 bits per heavy atom. The molecule has 4 rings (SSSR count). The van der Waals surface area contributed by atoms with Crippen molar-refractivity contribution < 1.29 is 13.9 Å². The van der Waals surface area contributed by atoms with Gasteiger partial charge in [-0.05, 0) is 36.2 Å². The monoisotopic (exact) mass is 420 g/mol. The third kappa shape index (κ3) is 4.89. The lowest BCUT2D eigenvalue weighted by Gasteiger charge is -2.44. The van der Waals surface area contributed by atoms with Crippen molar-refractivity contribution in [3.8, 4) is 11.5 Å². The number of hydrogen-bond acceptors (Lipinski definition) is 4. The van der Waals surface area contributed by atoms with Crippen LogP contribution in [0.2, 0.25) is 0 Å². The van der Waals surface area contributed by atoms with E-state index in [9.17, 15) is 4.39 Å². The third-order valence-electron chi connectivity index (χ3n) is 5.85. The molecule has 0 unspecified atom stereocenters. The molecule has 1 aliphatic rings. The first-order valence-corrected chi connectivity index (χ1v) is 10.7. The van der Waals surface area contributed by atoms with E-state index in [0.717, 1.165) is 43.1 Å². The molecule has 0 aliphatic carbocycles. The molecule has 1 heterocycles. The van der Waals surface area contributed by atoms with E-state index in [2.05, 4.69) is 28.0 Å². The van der Waals surface area contributed by atoms with Gasteiger partial charge in [0, 0.05) is 37.3 Å². The molecule has 1 aliphatic heterocycles. The molecule has 0 aromatic heterocycles. The first-order valence-electron chi connectivity index (χ1n) is 10.7. The van der Waals surface area contributed by atoms with Gasteiger partial charge in [-0.2, -0.15) is 0 Å². The van der Waals surface area contributed by atoms with Gasteiger partial charge in [0.15, 0.2) is 0 Å². The molecule has 5 heteroatoms. The van der Waals surface area contributed by atoms with Gasteiger partial charge in [-0.15, -0.1) is 0 Å². The van der Waals surface area contributed by atoms with Crippen LogP contribution >= 0.6 is 0 Å². The van der Waals surface area contributed by atoms with Gasteiger partial charge in [-0.3, -0.25) is 9.80 Å². The molecule has 31 heavy (non-hydrogen) atoms. The lowest BCUT2D eigenvalue weighted by atomic mass is 10.0. The lowest BCUT2D eigenvalue weighted by molar-refractivity contribution is -0.0109. The maximum absolute atomic E-state index is 14.5. The van der Waals surface area contributed by atoms with Gasteiger partial charge in [0.2, 0.25) is 0 Å². The Bertz CT molecular complexity index is 1010. The van der Waals surface area contributed by atoms with Crippen molar-refractivity contribution in [2.24, 2.45) is 0 Å².